The molecular formula is C18H22ClN3O5. The van der Waals surface area contributed by atoms with Gasteiger partial charge in [-0.3, -0.25) is 0 Å². The molecule has 0 saturated heterocycles. The van der Waals surface area contributed by atoms with Crippen LogP contribution in [0, 0.1) is 24.1 Å². The molecule has 0 spiro atoms. The van der Waals surface area contributed by atoms with E-state index in [1.807, 2.05) is 32.9 Å². The fourth-order valence-electron chi connectivity index (χ4n) is 3.00. The summed E-state index contributed by atoms with van der Waals surface area (Å²) in [6.45, 7) is 8.91. The first-order chi connectivity index (χ1) is 12.7. The van der Waals surface area contributed by atoms with Gasteiger partial charge < -0.3 is 20.7 Å². The van der Waals surface area contributed by atoms with E-state index in [4.69, 9.17) is 9.03 Å². The number of hydrogen-bond donors (Lipinski definition) is 3. The monoisotopic (exact) mass is 395 g/mol. The summed E-state index contributed by atoms with van der Waals surface area (Å²) >= 11 is 0. The van der Waals surface area contributed by atoms with Crippen LogP contribution in [0.15, 0.2) is 18.2 Å². The summed E-state index contributed by atoms with van der Waals surface area (Å²) in [6.07, 6.45) is 0. The minimum atomic E-state index is -4.65. The molecular weight excluding hydrogens is 374 g/mol. The first-order valence-electron chi connectivity index (χ1n) is 8.58. The molecule has 1 aliphatic heterocycles. The maximum atomic E-state index is 11.2. The van der Waals surface area contributed by atoms with Gasteiger partial charge in [-0.25, -0.2) is 0 Å². The van der Waals surface area contributed by atoms with Crippen molar-refractivity contribution in [2.75, 3.05) is 29.0 Å². The van der Waals surface area contributed by atoms with E-state index < -0.39 is 10.2 Å². The maximum Gasteiger partial charge on any atom is 0.320 e. The topological polar surface area (TPSA) is 124 Å². The summed E-state index contributed by atoms with van der Waals surface area (Å²) in [5, 5.41) is 9.52. The van der Waals surface area contributed by atoms with Crippen LogP contribution in [0.2, 0.25) is 0 Å². The number of nitrogens with one attached hydrogen (secondary N) is 3. The second-order valence-corrected chi connectivity index (χ2v) is 7.07. The SMILES string of the molecule is CCNc1cc2c(cc1C)Nc1c(cc(NCC)c(C)c1O[Cl+3]([O-])([O-])[O-])O2. The average Bonchev–Trinajstić information content (AvgIpc) is 2.58. The number of halogens is 1. The van der Waals surface area contributed by atoms with Gasteiger partial charge in [0.2, 0.25) is 0 Å². The third kappa shape index (κ3) is 3.98. The van der Waals surface area contributed by atoms with E-state index in [0.29, 0.717) is 40.7 Å². The molecule has 0 amide bonds. The van der Waals surface area contributed by atoms with E-state index in [2.05, 4.69) is 16.0 Å². The van der Waals surface area contributed by atoms with Gasteiger partial charge in [-0.15, -0.1) is 0 Å². The lowest BCUT2D eigenvalue weighted by molar-refractivity contribution is -1.91. The summed E-state index contributed by atoms with van der Waals surface area (Å²) in [6, 6.07) is 5.51. The Morgan fingerprint density at radius 3 is 2.26 bits per heavy atom. The standard InChI is InChI=1S/C18H22ClN3O5/c1-5-20-12-8-15-14(7-10(12)3)22-17-16(26-15)9-13(21-6-2)11(4)18(17)27-19(23,24)25/h7-9,20-22H,5-6H2,1-4H3. The van der Waals surface area contributed by atoms with Gasteiger partial charge >= 0.3 is 5.75 Å². The molecule has 3 N–H and O–H groups in total. The number of aryl methyl sites for hydroxylation is 1. The quantitative estimate of drug-likeness (QED) is 0.570. The van der Waals surface area contributed by atoms with Crippen molar-refractivity contribution >= 4 is 22.7 Å². The molecule has 1 aliphatic rings. The van der Waals surface area contributed by atoms with Gasteiger partial charge in [0.05, 0.1) is 5.69 Å². The molecule has 9 heteroatoms. The van der Waals surface area contributed by atoms with Gasteiger partial charge in [-0.1, -0.05) is 4.29 Å². The smallest absolute Gasteiger partial charge is 0.320 e. The number of anilines is 4. The second kappa shape index (κ2) is 7.32. The Hall–Kier alpha value is -2.39. The first kappa shape index (κ1) is 19.4. The van der Waals surface area contributed by atoms with Gasteiger partial charge in [0, 0.05) is 42.2 Å². The second-order valence-electron chi connectivity index (χ2n) is 6.16. The van der Waals surface area contributed by atoms with Crippen molar-refractivity contribution in [3.05, 3.63) is 29.3 Å². The van der Waals surface area contributed by atoms with E-state index >= 15 is 0 Å². The molecule has 3 rings (SSSR count). The normalized spacial score (nSPS) is 12.4. The Balaban J connectivity index is 2.10. The zero-order valence-corrected chi connectivity index (χ0v) is 16.3. The van der Waals surface area contributed by atoms with Crippen molar-refractivity contribution in [2.24, 2.45) is 0 Å². The Morgan fingerprint density at radius 2 is 1.63 bits per heavy atom. The summed E-state index contributed by atoms with van der Waals surface area (Å²) in [5.41, 5.74) is 3.99. The Morgan fingerprint density at radius 1 is 1.00 bits per heavy atom. The minimum absolute atomic E-state index is 0.0841. The lowest BCUT2D eigenvalue weighted by Gasteiger charge is -2.26. The number of rotatable bonds is 6. The van der Waals surface area contributed by atoms with E-state index in [-0.39, 0.29) is 5.75 Å². The van der Waals surface area contributed by atoms with Crippen molar-refractivity contribution < 1.29 is 33.2 Å². The van der Waals surface area contributed by atoms with Crippen LogP contribution in [-0.4, -0.2) is 13.1 Å². The highest BCUT2D eigenvalue weighted by Gasteiger charge is 2.32. The Bertz CT molecular complexity index is 867. The van der Waals surface area contributed by atoms with Crippen molar-refractivity contribution in [1.82, 2.24) is 0 Å². The summed E-state index contributed by atoms with van der Waals surface area (Å²) < 4.78 is 44.4. The van der Waals surface area contributed by atoms with Gasteiger partial charge in [0.1, 0.15) is 15.9 Å². The number of hydrogen-bond acceptors (Lipinski definition) is 8. The van der Waals surface area contributed by atoms with Crippen LogP contribution in [0.3, 0.4) is 0 Å². The van der Waals surface area contributed by atoms with Gasteiger partial charge in [0.25, 0.3) is 0 Å². The maximum absolute atomic E-state index is 11.2. The van der Waals surface area contributed by atoms with Gasteiger partial charge in [-0.2, -0.15) is 14.0 Å². The highest BCUT2D eigenvalue weighted by Crippen LogP contribution is 2.51. The third-order valence-electron chi connectivity index (χ3n) is 4.21. The molecule has 0 radical (unpaired) electrons. The van der Waals surface area contributed by atoms with Crippen LogP contribution in [0.4, 0.5) is 22.7 Å². The van der Waals surface area contributed by atoms with Crippen LogP contribution in [0.1, 0.15) is 25.0 Å². The predicted molar refractivity (Wildman–Crippen MR) is 94.7 cm³/mol. The van der Waals surface area contributed by atoms with Crippen LogP contribution in [0.25, 0.3) is 0 Å². The van der Waals surface area contributed by atoms with E-state index in [9.17, 15) is 14.0 Å². The highest BCUT2D eigenvalue weighted by atomic mass is 35.7. The molecule has 0 aliphatic carbocycles. The van der Waals surface area contributed by atoms with Crippen LogP contribution in [-0.2, 0) is 0 Å². The summed E-state index contributed by atoms with van der Waals surface area (Å²) in [4.78, 5) is 0. The Kier molecular flexibility index (Phi) is 5.25. The molecule has 0 bridgehead atoms. The molecule has 0 aromatic heterocycles. The van der Waals surface area contributed by atoms with Crippen molar-refractivity contribution in [1.29, 1.82) is 0 Å². The third-order valence-corrected chi connectivity index (χ3v) is 4.55. The predicted octanol–water partition coefficient (Wildman–Crippen LogP) is 1.29. The summed E-state index contributed by atoms with van der Waals surface area (Å²) in [5.74, 6) is 0.868. The van der Waals surface area contributed by atoms with Crippen LogP contribution in [0.5, 0.6) is 17.2 Å². The van der Waals surface area contributed by atoms with E-state index in [1.54, 1.807) is 13.0 Å². The molecule has 146 valence electrons. The fraction of sp³-hybridized carbons (Fsp3) is 0.333. The molecule has 0 atom stereocenters. The number of ether oxygens (including phenoxy) is 1. The van der Waals surface area contributed by atoms with Gasteiger partial charge in [0.15, 0.2) is 11.5 Å². The van der Waals surface area contributed by atoms with Crippen molar-refractivity contribution in [3.8, 4) is 17.2 Å². The van der Waals surface area contributed by atoms with Gasteiger partial charge in [-0.05, 0) is 39.3 Å². The van der Waals surface area contributed by atoms with E-state index in [1.165, 1.54) is 0 Å². The minimum Gasteiger partial charge on any atom is -0.453 e. The number of benzene rings is 2. The van der Waals surface area contributed by atoms with Crippen molar-refractivity contribution in [2.45, 2.75) is 27.7 Å². The van der Waals surface area contributed by atoms with Crippen LogP contribution < -0.4 is 39.0 Å². The van der Waals surface area contributed by atoms with E-state index in [0.717, 1.165) is 17.8 Å². The summed E-state index contributed by atoms with van der Waals surface area (Å²) in [7, 11) is -4.65. The largest absolute Gasteiger partial charge is 0.453 e. The Labute approximate surface area is 159 Å². The average molecular weight is 396 g/mol. The molecule has 0 fully saturated rings. The number of fused-ring (bicyclic) bond motifs is 2. The molecule has 2 aromatic carbocycles. The molecule has 27 heavy (non-hydrogen) atoms. The molecule has 2 aromatic rings. The lowest BCUT2D eigenvalue weighted by atomic mass is 10.1. The van der Waals surface area contributed by atoms with Crippen LogP contribution >= 0.6 is 0 Å². The molecule has 0 unspecified atom stereocenters. The molecule has 1 heterocycles. The molecule has 8 nitrogen and oxygen atoms in total. The first-order valence-corrected chi connectivity index (χ1v) is 9.82. The van der Waals surface area contributed by atoms with Crippen molar-refractivity contribution in [3.63, 3.8) is 0 Å². The zero-order chi connectivity index (χ0) is 19.8. The lowest BCUT2D eigenvalue weighted by Crippen LogP contribution is -2.63. The molecule has 0 saturated carbocycles. The highest BCUT2D eigenvalue weighted by molar-refractivity contribution is 5.86. The zero-order valence-electron chi connectivity index (χ0n) is 15.6. The fourth-order valence-corrected chi connectivity index (χ4v) is 3.38.